The average Bonchev–Trinajstić information content (AvgIpc) is 3.02. The zero-order valence-corrected chi connectivity index (χ0v) is 11.2. The third kappa shape index (κ3) is 2.99. The second kappa shape index (κ2) is 5.61. The number of anilines is 1. The molecule has 0 spiro atoms. The Balaban J connectivity index is 1.65. The Kier molecular flexibility index (Phi) is 3.50. The highest BCUT2D eigenvalue weighted by atomic mass is 16.2. The molecule has 8 heteroatoms. The Morgan fingerprint density at radius 3 is 2.95 bits per heavy atom. The number of aromatic nitrogens is 3. The molecule has 0 unspecified atom stereocenters. The van der Waals surface area contributed by atoms with Gasteiger partial charge in [0.2, 0.25) is 5.91 Å². The van der Waals surface area contributed by atoms with Crippen LogP contribution in [0, 0.1) is 0 Å². The van der Waals surface area contributed by atoms with Crippen LogP contribution in [-0.2, 0) is 4.79 Å². The van der Waals surface area contributed by atoms with E-state index in [0.717, 1.165) is 0 Å². The van der Waals surface area contributed by atoms with E-state index in [1.807, 2.05) is 0 Å². The molecule has 1 saturated heterocycles. The van der Waals surface area contributed by atoms with Crippen LogP contribution in [0.4, 0.5) is 10.5 Å². The van der Waals surface area contributed by atoms with E-state index in [1.165, 1.54) is 4.90 Å². The topological polar surface area (TPSA) is 92.2 Å². The fourth-order valence-corrected chi connectivity index (χ4v) is 2.01. The van der Waals surface area contributed by atoms with Crippen LogP contribution in [0.3, 0.4) is 0 Å². The van der Waals surface area contributed by atoms with Crippen molar-refractivity contribution in [3.63, 3.8) is 0 Å². The molecule has 1 fully saturated rings. The van der Waals surface area contributed by atoms with Gasteiger partial charge in [-0.15, -0.1) is 0 Å². The first-order valence-electron chi connectivity index (χ1n) is 6.51. The van der Waals surface area contributed by atoms with Crippen molar-refractivity contribution in [2.75, 3.05) is 25.0 Å². The van der Waals surface area contributed by atoms with Gasteiger partial charge in [0, 0.05) is 25.5 Å². The first-order valence-corrected chi connectivity index (χ1v) is 6.51. The van der Waals surface area contributed by atoms with Crippen LogP contribution in [-0.4, -0.2) is 51.2 Å². The predicted molar refractivity (Wildman–Crippen MR) is 75.0 cm³/mol. The fraction of sp³-hybridized carbons (Fsp3) is 0.231. The van der Waals surface area contributed by atoms with Gasteiger partial charge in [-0.3, -0.25) is 4.79 Å². The van der Waals surface area contributed by atoms with Crippen LogP contribution in [0.5, 0.6) is 0 Å². The highest BCUT2D eigenvalue weighted by Gasteiger charge is 2.20. The predicted octanol–water partition coefficient (Wildman–Crippen LogP) is 0.231. The van der Waals surface area contributed by atoms with Crippen molar-refractivity contribution in [1.82, 2.24) is 25.0 Å². The fourth-order valence-electron chi connectivity index (χ4n) is 2.01. The maximum atomic E-state index is 12.0. The summed E-state index contributed by atoms with van der Waals surface area (Å²) in [5.41, 5.74) is 0.571. The maximum Gasteiger partial charge on any atom is 0.322 e. The SMILES string of the molecule is O=C1CN(C(=O)Nc2ccc(-n3cccn3)nc2)CCN1. The molecule has 108 valence electrons. The van der Waals surface area contributed by atoms with Gasteiger partial charge in [0.1, 0.15) is 6.54 Å². The second-order valence-electron chi connectivity index (χ2n) is 4.56. The monoisotopic (exact) mass is 286 g/mol. The molecule has 0 aromatic carbocycles. The van der Waals surface area contributed by atoms with E-state index in [4.69, 9.17) is 0 Å². The first-order chi connectivity index (χ1) is 10.2. The summed E-state index contributed by atoms with van der Waals surface area (Å²) in [7, 11) is 0. The van der Waals surface area contributed by atoms with E-state index < -0.39 is 0 Å². The summed E-state index contributed by atoms with van der Waals surface area (Å²) in [4.78, 5) is 28.9. The van der Waals surface area contributed by atoms with Crippen molar-refractivity contribution in [3.8, 4) is 5.82 Å². The Labute approximate surface area is 120 Å². The second-order valence-corrected chi connectivity index (χ2v) is 4.56. The van der Waals surface area contributed by atoms with Crippen molar-refractivity contribution in [2.24, 2.45) is 0 Å². The summed E-state index contributed by atoms with van der Waals surface area (Å²) in [6.45, 7) is 1.05. The number of carbonyl (C=O) groups excluding carboxylic acids is 2. The number of rotatable bonds is 2. The van der Waals surface area contributed by atoms with Gasteiger partial charge in [-0.1, -0.05) is 0 Å². The van der Waals surface area contributed by atoms with Gasteiger partial charge < -0.3 is 15.5 Å². The molecule has 2 aromatic rings. The molecule has 3 heterocycles. The average molecular weight is 286 g/mol. The van der Waals surface area contributed by atoms with E-state index in [9.17, 15) is 9.59 Å². The molecule has 2 aromatic heterocycles. The van der Waals surface area contributed by atoms with Gasteiger partial charge in [0.15, 0.2) is 5.82 Å². The lowest BCUT2D eigenvalue weighted by Gasteiger charge is -2.26. The van der Waals surface area contributed by atoms with Crippen molar-refractivity contribution in [2.45, 2.75) is 0 Å². The lowest BCUT2D eigenvalue weighted by atomic mass is 10.3. The van der Waals surface area contributed by atoms with E-state index in [-0.39, 0.29) is 18.5 Å². The van der Waals surface area contributed by atoms with E-state index in [1.54, 1.807) is 41.5 Å². The van der Waals surface area contributed by atoms with Crippen LogP contribution < -0.4 is 10.6 Å². The molecule has 1 aliphatic rings. The molecule has 0 atom stereocenters. The number of amides is 3. The Morgan fingerprint density at radius 2 is 2.29 bits per heavy atom. The number of nitrogens with zero attached hydrogens (tertiary/aromatic N) is 4. The minimum Gasteiger partial charge on any atom is -0.353 e. The summed E-state index contributed by atoms with van der Waals surface area (Å²) in [6, 6.07) is 4.99. The van der Waals surface area contributed by atoms with Crippen LogP contribution >= 0.6 is 0 Å². The minimum atomic E-state index is -0.307. The van der Waals surface area contributed by atoms with E-state index >= 15 is 0 Å². The standard InChI is InChI=1S/C13H14N6O2/c20-12-9-18(7-5-14-12)13(21)17-10-2-3-11(15-8-10)19-6-1-4-16-19/h1-4,6,8H,5,7,9H2,(H,14,20)(H,17,21). The number of pyridine rings is 1. The van der Waals surface area contributed by atoms with Crippen molar-refractivity contribution in [3.05, 3.63) is 36.8 Å². The van der Waals surface area contributed by atoms with E-state index in [0.29, 0.717) is 24.6 Å². The number of urea groups is 1. The molecule has 3 amide bonds. The summed E-state index contributed by atoms with van der Waals surface area (Å²) in [6.07, 6.45) is 5.00. The Morgan fingerprint density at radius 1 is 1.38 bits per heavy atom. The van der Waals surface area contributed by atoms with Crippen molar-refractivity contribution in [1.29, 1.82) is 0 Å². The molecular formula is C13H14N6O2. The number of nitrogens with one attached hydrogen (secondary N) is 2. The van der Waals surface area contributed by atoms with Gasteiger partial charge in [-0.05, 0) is 18.2 Å². The molecule has 0 saturated carbocycles. The van der Waals surface area contributed by atoms with Gasteiger partial charge >= 0.3 is 6.03 Å². The van der Waals surface area contributed by atoms with Crippen molar-refractivity contribution >= 4 is 17.6 Å². The molecular weight excluding hydrogens is 272 g/mol. The summed E-state index contributed by atoms with van der Waals surface area (Å²) >= 11 is 0. The smallest absolute Gasteiger partial charge is 0.322 e. The Hall–Kier alpha value is -2.90. The minimum absolute atomic E-state index is 0.0740. The largest absolute Gasteiger partial charge is 0.353 e. The molecule has 3 rings (SSSR count). The van der Waals surface area contributed by atoms with Gasteiger partial charge in [0.05, 0.1) is 11.9 Å². The van der Waals surface area contributed by atoms with Crippen LogP contribution in [0.1, 0.15) is 0 Å². The normalized spacial score (nSPS) is 14.7. The van der Waals surface area contributed by atoms with E-state index in [2.05, 4.69) is 20.7 Å². The number of hydrogen-bond donors (Lipinski definition) is 2. The quantitative estimate of drug-likeness (QED) is 0.826. The zero-order valence-electron chi connectivity index (χ0n) is 11.2. The van der Waals surface area contributed by atoms with Gasteiger partial charge in [-0.25, -0.2) is 14.5 Å². The van der Waals surface area contributed by atoms with Crippen LogP contribution in [0.2, 0.25) is 0 Å². The lowest BCUT2D eigenvalue weighted by Crippen LogP contribution is -2.51. The first kappa shape index (κ1) is 13.1. The Bertz CT molecular complexity index is 637. The highest BCUT2D eigenvalue weighted by molar-refractivity contribution is 5.92. The van der Waals surface area contributed by atoms with Gasteiger partial charge in [-0.2, -0.15) is 5.10 Å². The summed E-state index contributed by atoms with van der Waals surface area (Å²) < 4.78 is 1.63. The molecule has 2 N–H and O–H groups in total. The summed E-state index contributed by atoms with van der Waals surface area (Å²) in [5.74, 6) is 0.513. The number of piperazine rings is 1. The number of hydrogen-bond acceptors (Lipinski definition) is 4. The van der Waals surface area contributed by atoms with Crippen LogP contribution in [0.15, 0.2) is 36.8 Å². The molecule has 0 bridgehead atoms. The van der Waals surface area contributed by atoms with Crippen LogP contribution in [0.25, 0.3) is 5.82 Å². The van der Waals surface area contributed by atoms with Crippen molar-refractivity contribution < 1.29 is 9.59 Å². The van der Waals surface area contributed by atoms with Gasteiger partial charge in [0.25, 0.3) is 0 Å². The molecule has 0 aliphatic carbocycles. The molecule has 0 radical (unpaired) electrons. The molecule has 8 nitrogen and oxygen atoms in total. The lowest BCUT2D eigenvalue weighted by molar-refractivity contribution is -0.123. The number of carbonyl (C=O) groups is 2. The molecule has 21 heavy (non-hydrogen) atoms. The zero-order chi connectivity index (χ0) is 14.7. The highest BCUT2D eigenvalue weighted by Crippen LogP contribution is 2.10. The summed E-state index contributed by atoms with van der Waals surface area (Å²) in [5, 5.41) is 9.46. The molecule has 1 aliphatic heterocycles. The maximum absolute atomic E-state index is 12.0. The third-order valence-electron chi connectivity index (χ3n) is 3.06. The third-order valence-corrected chi connectivity index (χ3v) is 3.06.